The number of carbonyl (C=O) groups excluding carboxylic acids is 2. The van der Waals surface area contributed by atoms with Crippen LogP contribution in [0.2, 0.25) is 0 Å². The van der Waals surface area contributed by atoms with Crippen LogP contribution in [0.4, 0.5) is 0 Å². The van der Waals surface area contributed by atoms with Crippen molar-refractivity contribution in [2.75, 3.05) is 6.54 Å². The molecule has 4 heteroatoms. The van der Waals surface area contributed by atoms with Crippen molar-refractivity contribution in [3.05, 3.63) is 108 Å². The second kappa shape index (κ2) is 12.9. The molecular formula is C31H36N2O2. The molecule has 1 unspecified atom stereocenters. The first kappa shape index (κ1) is 24.7. The average molecular weight is 469 g/mol. The van der Waals surface area contributed by atoms with E-state index in [1.807, 2.05) is 71.6 Å². The maximum Gasteiger partial charge on any atom is 0.245 e. The van der Waals surface area contributed by atoms with E-state index in [2.05, 4.69) is 29.6 Å². The molecule has 0 bridgehead atoms. The standard InChI is InChI=1S/C31H36N2O2/c34-30(28-19-11-4-12-20-28)32-29(23-26-15-7-2-8-16-26)31(35)33(24-27-17-9-3-10-18-27)22-21-25-13-5-1-6-14-25/h1-3,5-10,13-18,28-29H,4,11-12,19-24H2,(H,32,34). The molecule has 0 heterocycles. The van der Waals surface area contributed by atoms with E-state index in [4.69, 9.17) is 0 Å². The summed E-state index contributed by atoms with van der Waals surface area (Å²) >= 11 is 0. The first-order valence-electron chi connectivity index (χ1n) is 12.9. The van der Waals surface area contributed by atoms with E-state index in [-0.39, 0.29) is 17.7 Å². The number of benzene rings is 3. The fourth-order valence-electron chi connectivity index (χ4n) is 4.90. The number of nitrogens with one attached hydrogen (secondary N) is 1. The third kappa shape index (κ3) is 7.54. The maximum atomic E-state index is 14.0. The molecule has 0 aliphatic heterocycles. The lowest BCUT2D eigenvalue weighted by molar-refractivity contribution is -0.138. The highest BCUT2D eigenvalue weighted by atomic mass is 16.2. The fraction of sp³-hybridized carbons (Fsp3) is 0.355. The van der Waals surface area contributed by atoms with Gasteiger partial charge in [-0.15, -0.1) is 0 Å². The number of carbonyl (C=O) groups is 2. The van der Waals surface area contributed by atoms with Crippen LogP contribution in [0.5, 0.6) is 0 Å². The lowest BCUT2D eigenvalue weighted by atomic mass is 9.88. The summed E-state index contributed by atoms with van der Waals surface area (Å²) in [6.45, 7) is 1.12. The van der Waals surface area contributed by atoms with E-state index in [0.29, 0.717) is 19.5 Å². The highest BCUT2D eigenvalue weighted by Crippen LogP contribution is 2.24. The van der Waals surface area contributed by atoms with Gasteiger partial charge in [0.25, 0.3) is 0 Å². The van der Waals surface area contributed by atoms with Crippen molar-refractivity contribution in [3.8, 4) is 0 Å². The summed E-state index contributed by atoms with van der Waals surface area (Å²) in [6.07, 6.45) is 6.47. The molecule has 182 valence electrons. The average Bonchev–Trinajstić information content (AvgIpc) is 2.92. The maximum absolute atomic E-state index is 14.0. The van der Waals surface area contributed by atoms with Crippen LogP contribution in [0, 0.1) is 5.92 Å². The van der Waals surface area contributed by atoms with Crippen LogP contribution in [0.15, 0.2) is 91.0 Å². The van der Waals surface area contributed by atoms with Crippen LogP contribution in [0.25, 0.3) is 0 Å². The molecule has 1 fully saturated rings. The van der Waals surface area contributed by atoms with Gasteiger partial charge >= 0.3 is 0 Å². The predicted molar refractivity (Wildman–Crippen MR) is 141 cm³/mol. The summed E-state index contributed by atoms with van der Waals surface area (Å²) in [6, 6.07) is 29.8. The van der Waals surface area contributed by atoms with Gasteiger partial charge < -0.3 is 10.2 Å². The molecule has 4 rings (SSSR count). The summed E-state index contributed by atoms with van der Waals surface area (Å²) < 4.78 is 0. The van der Waals surface area contributed by atoms with E-state index in [1.54, 1.807) is 0 Å². The molecule has 3 aromatic rings. The second-order valence-corrected chi connectivity index (χ2v) is 9.57. The first-order chi connectivity index (χ1) is 17.2. The van der Waals surface area contributed by atoms with Crippen molar-refractivity contribution in [3.63, 3.8) is 0 Å². The molecule has 1 atom stereocenters. The van der Waals surface area contributed by atoms with E-state index >= 15 is 0 Å². The van der Waals surface area contributed by atoms with Crippen LogP contribution in [-0.4, -0.2) is 29.3 Å². The Morgan fingerprint density at radius 2 is 1.29 bits per heavy atom. The Labute approximate surface area is 209 Å². The van der Waals surface area contributed by atoms with Crippen LogP contribution in [-0.2, 0) is 29.0 Å². The van der Waals surface area contributed by atoms with Crippen LogP contribution >= 0.6 is 0 Å². The molecule has 0 radical (unpaired) electrons. The Morgan fingerprint density at radius 3 is 1.89 bits per heavy atom. The van der Waals surface area contributed by atoms with E-state index in [9.17, 15) is 9.59 Å². The van der Waals surface area contributed by atoms with Gasteiger partial charge in [-0.3, -0.25) is 9.59 Å². The number of nitrogens with zero attached hydrogens (tertiary/aromatic N) is 1. The Hall–Kier alpha value is -3.40. The molecule has 0 spiro atoms. The largest absolute Gasteiger partial charge is 0.344 e. The molecule has 1 aliphatic carbocycles. The SMILES string of the molecule is O=C(NC(Cc1ccccc1)C(=O)N(CCc1ccccc1)Cc1ccccc1)C1CCCCC1. The summed E-state index contributed by atoms with van der Waals surface area (Å²) in [5.41, 5.74) is 3.34. The van der Waals surface area contributed by atoms with Gasteiger partial charge in [0.1, 0.15) is 6.04 Å². The molecule has 1 N–H and O–H groups in total. The smallest absolute Gasteiger partial charge is 0.245 e. The minimum absolute atomic E-state index is 0.0155. The number of hydrogen-bond acceptors (Lipinski definition) is 2. The Bertz CT molecular complexity index is 1050. The number of rotatable bonds is 10. The summed E-state index contributed by atoms with van der Waals surface area (Å²) in [5.74, 6) is 0.0289. The lowest BCUT2D eigenvalue weighted by Gasteiger charge is -2.30. The fourth-order valence-corrected chi connectivity index (χ4v) is 4.90. The molecule has 3 aromatic carbocycles. The molecule has 2 amide bonds. The second-order valence-electron chi connectivity index (χ2n) is 9.57. The van der Waals surface area contributed by atoms with E-state index < -0.39 is 6.04 Å². The Kier molecular flexibility index (Phi) is 9.11. The summed E-state index contributed by atoms with van der Waals surface area (Å²) in [5, 5.41) is 3.17. The van der Waals surface area contributed by atoms with Crippen LogP contribution < -0.4 is 5.32 Å². The molecule has 1 saturated carbocycles. The van der Waals surface area contributed by atoms with Gasteiger partial charge in [-0.25, -0.2) is 0 Å². The quantitative estimate of drug-likeness (QED) is 0.423. The highest BCUT2D eigenvalue weighted by Gasteiger charge is 2.29. The van der Waals surface area contributed by atoms with Gasteiger partial charge in [0.05, 0.1) is 0 Å². The monoisotopic (exact) mass is 468 g/mol. The van der Waals surface area contributed by atoms with Crippen molar-refractivity contribution < 1.29 is 9.59 Å². The summed E-state index contributed by atoms with van der Waals surface area (Å²) in [7, 11) is 0. The van der Waals surface area contributed by atoms with Crippen molar-refractivity contribution in [2.24, 2.45) is 5.92 Å². The minimum Gasteiger partial charge on any atom is -0.344 e. The molecule has 0 saturated heterocycles. The molecule has 35 heavy (non-hydrogen) atoms. The predicted octanol–water partition coefficient (Wildman–Crippen LogP) is 5.57. The zero-order chi connectivity index (χ0) is 24.3. The van der Waals surface area contributed by atoms with Crippen molar-refractivity contribution >= 4 is 11.8 Å². The van der Waals surface area contributed by atoms with Gasteiger partial charge in [0.15, 0.2) is 0 Å². The third-order valence-corrected chi connectivity index (χ3v) is 6.91. The normalized spacial score (nSPS) is 14.7. The molecular weight excluding hydrogens is 432 g/mol. The lowest BCUT2D eigenvalue weighted by Crippen LogP contribution is -2.51. The highest BCUT2D eigenvalue weighted by molar-refractivity contribution is 5.88. The molecule has 0 aromatic heterocycles. The van der Waals surface area contributed by atoms with Gasteiger partial charge in [-0.1, -0.05) is 110 Å². The van der Waals surface area contributed by atoms with Crippen molar-refractivity contribution in [1.29, 1.82) is 0 Å². The number of amides is 2. The van der Waals surface area contributed by atoms with Crippen LogP contribution in [0.1, 0.15) is 48.8 Å². The Balaban J connectivity index is 1.54. The summed E-state index contributed by atoms with van der Waals surface area (Å²) in [4.78, 5) is 29.1. The first-order valence-corrected chi connectivity index (χ1v) is 12.9. The minimum atomic E-state index is -0.577. The molecule has 1 aliphatic rings. The van der Waals surface area contributed by atoms with Gasteiger partial charge in [0.2, 0.25) is 11.8 Å². The molecule has 4 nitrogen and oxygen atoms in total. The Morgan fingerprint density at radius 1 is 0.743 bits per heavy atom. The van der Waals surface area contributed by atoms with Crippen LogP contribution in [0.3, 0.4) is 0 Å². The zero-order valence-corrected chi connectivity index (χ0v) is 20.4. The van der Waals surface area contributed by atoms with E-state index in [1.165, 1.54) is 12.0 Å². The van der Waals surface area contributed by atoms with Gasteiger partial charge in [0, 0.05) is 25.4 Å². The third-order valence-electron chi connectivity index (χ3n) is 6.91. The van der Waals surface area contributed by atoms with Gasteiger partial charge in [-0.05, 0) is 36.0 Å². The van der Waals surface area contributed by atoms with Crippen molar-refractivity contribution in [1.82, 2.24) is 10.2 Å². The van der Waals surface area contributed by atoms with E-state index in [0.717, 1.165) is 43.2 Å². The number of hydrogen-bond donors (Lipinski definition) is 1. The van der Waals surface area contributed by atoms with Crippen molar-refractivity contribution in [2.45, 2.75) is 57.5 Å². The zero-order valence-electron chi connectivity index (χ0n) is 20.4. The topological polar surface area (TPSA) is 49.4 Å². The van der Waals surface area contributed by atoms with Gasteiger partial charge in [-0.2, -0.15) is 0 Å².